The first-order valence-electron chi connectivity index (χ1n) is 9.21. The van der Waals surface area contributed by atoms with E-state index < -0.39 is 4.92 Å². The second-order valence-corrected chi connectivity index (χ2v) is 6.66. The average Bonchev–Trinajstić information content (AvgIpc) is 3.45. The smallest absolute Gasteiger partial charge is 0.272 e. The zero-order chi connectivity index (χ0) is 20.9. The summed E-state index contributed by atoms with van der Waals surface area (Å²) in [6, 6.07) is 15.6. The van der Waals surface area contributed by atoms with Crippen LogP contribution in [0.4, 0.5) is 5.69 Å². The molecule has 2 aromatic heterocycles. The lowest BCUT2D eigenvalue weighted by Crippen LogP contribution is -2.23. The van der Waals surface area contributed by atoms with Gasteiger partial charge in [0.25, 0.3) is 11.6 Å². The lowest BCUT2D eigenvalue weighted by Gasteiger charge is -2.07. The fourth-order valence-corrected chi connectivity index (χ4v) is 3.04. The number of nitrogens with one attached hydrogen (secondary N) is 1. The van der Waals surface area contributed by atoms with Gasteiger partial charge in [-0.3, -0.25) is 14.9 Å². The Kier molecular flexibility index (Phi) is 5.33. The van der Waals surface area contributed by atoms with Crippen LogP contribution in [0, 0.1) is 10.1 Å². The minimum absolute atomic E-state index is 0.0374. The van der Waals surface area contributed by atoms with E-state index in [9.17, 15) is 14.9 Å². The monoisotopic (exact) mass is 402 g/mol. The second kappa shape index (κ2) is 8.39. The Balaban J connectivity index is 1.40. The van der Waals surface area contributed by atoms with E-state index in [4.69, 9.17) is 0 Å². The number of nitrogens with zero attached hydrogens (tertiary/aromatic N) is 5. The van der Waals surface area contributed by atoms with Gasteiger partial charge in [-0.15, -0.1) is 0 Å². The molecule has 1 amide bonds. The first kappa shape index (κ1) is 19.1. The zero-order valence-electron chi connectivity index (χ0n) is 15.9. The molecule has 0 atom stereocenters. The third-order valence-corrected chi connectivity index (χ3v) is 4.50. The van der Waals surface area contributed by atoms with Crippen molar-refractivity contribution in [3.63, 3.8) is 0 Å². The molecule has 1 N–H and O–H groups in total. The Morgan fingerprint density at radius 1 is 1.07 bits per heavy atom. The average molecular weight is 402 g/mol. The van der Waals surface area contributed by atoms with Gasteiger partial charge in [0.1, 0.15) is 0 Å². The lowest BCUT2D eigenvalue weighted by molar-refractivity contribution is -0.384. The van der Waals surface area contributed by atoms with Crippen LogP contribution in [0.15, 0.2) is 79.5 Å². The van der Waals surface area contributed by atoms with Crippen molar-refractivity contribution in [2.75, 3.05) is 0 Å². The van der Waals surface area contributed by atoms with Gasteiger partial charge in [-0.2, -0.15) is 5.10 Å². The van der Waals surface area contributed by atoms with E-state index in [0.29, 0.717) is 18.8 Å². The number of benzene rings is 2. The van der Waals surface area contributed by atoms with Crippen molar-refractivity contribution in [3.05, 3.63) is 106 Å². The molecule has 0 aliphatic heterocycles. The van der Waals surface area contributed by atoms with Crippen molar-refractivity contribution in [1.29, 1.82) is 0 Å². The molecule has 9 nitrogen and oxygen atoms in total. The number of hydrogen-bond acceptors (Lipinski definition) is 5. The molecular weight excluding hydrogens is 384 g/mol. The van der Waals surface area contributed by atoms with Crippen molar-refractivity contribution in [2.45, 2.75) is 13.1 Å². The van der Waals surface area contributed by atoms with Crippen LogP contribution in [0.3, 0.4) is 0 Å². The Labute approximate surface area is 171 Å². The molecule has 0 saturated carbocycles. The van der Waals surface area contributed by atoms with Crippen LogP contribution in [-0.2, 0) is 13.1 Å². The highest BCUT2D eigenvalue weighted by atomic mass is 16.6. The minimum atomic E-state index is -0.471. The van der Waals surface area contributed by atoms with Gasteiger partial charge in [-0.05, 0) is 23.3 Å². The first-order valence-corrected chi connectivity index (χ1v) is 9.21. The fourth-order valence-electron chi connectivity index (χ4n) is 3.04. The van der Waals surface area contributed by atoms with Crippen LogP contribution < -0.4 is 5.32 Å². The van der Waals surface area contributed by atoms with Crippen molar-refractivity contribution < 1.29 is 9.72 Å². The normalized spacial score (nSPS) is 10.7. The number of amides is 1. The Bertz CT molecular complexity index is 1180. The summed E-state index contributed by atoms with van der Waals surface area (Å²) in [7, 11) is 0. The van der Waals surface area contributed by atoms with E-state index in [-0.39, 0.29) is 17.3 Å². The molecule has 0 spiro atoms. The van der Waals surface area contributed by atoms with Crippen LogP contribution in [0.5, 0.6) is 0 Å². The highest BCUT2D eigenvalue weighted by Gasteiger charge is 2.12. The van der Waals surface area contributed by atoms with Crippen LogP contribution in [0.1, 0.15) is 21.6 Å². The summed E-state index contributed by atoms with van der Waals surface area (Å²) in [6.07, 6.45) is 6.98. The molecule has 4 aromatic rings. The third kappa shape index (κ3) is 4.41. The summed E-state index contributed by atoms with van der Waals surface area (Å²) in [5.41, 5.74) is 2.78. The van der Waals surface area contributed by atoms with Crippen LogP contribution in [-0.4, -0.2) is 30.2 Å². The van der Waals surface area contributed by atoms with Crippen LogP contribution in [0.25, 0.3) is 5.69 Å². The van der Waals surface area contributed by atoms with Crippen molar-refractivity contribution in [3.8, 4) is 5.69 Å². The molecule has 0 saturated heterocycles. The van der Waals surface area contributed by atoms with Gasteiger partial charge < -0.3 is 9.88 Å². The Morgan fingerprint density at radius 2 is 1.90 bits per heavy atom. The number of imidazole rings is 1. The van der Waals surface area contributed by atoms with Crippen molar-refractivity contribution in [2.24, 2.45) is 0 Å². The first-order chi connectivity index (χ1) is 14.6. The van der Waals surface area contributed by atoms with Gasteiger partial charge in [-0.1, -0.05) is 30.3 Å². The molecule has 9 heteroatoms. The van der Waals surface area contributed by atoms with Gasteiger partial charge >= 0.3 is 0 Å². The number of carbonyl (C=O) groups is 1. The van der Waals surface area contributed by atoms with Crippen LogP contribution in [0.2, 0.25) is 0 Å². The summed E-state index contributed by atoms with van der Waals surface area (Å²) in [5, 5.41) is 18.0. The number of aromatic nitrogens is 4. The predicted molar refractivity (Wildman–Crippen MR) is 109 cm³/mol. The number of nitro groups is 1. The van der Waals surface area contributed by atoms with Gasteiger partial charge in [-0.25, -0.2) is 9.67 Å². The van der Waals surface area contributed by atoms with E-state index in [1.54, 1.807) is 36.9 Å². The molecule has 0 aliphatic carbocycles. The number of hydrogen-bond donors (Lipinski definition) is 1. The summed E-state index contributed by atoms with van der Waals surface area (Å²) < 4.78 is 3.41. The van der Waals surface area contributed by atoms with Crippen molar-refractivity contribution >= 4 is 11.6 Å². The summed E-state index contributed by atoms with van der Waals surface area (Å²) in [6.45, 7) is 1.07. The highest BCUT2D eigenvalue weighted by molar-refractivity contribution is 5.92. The molecule has 2 heterocycles. The van der Waals surface area contributed by atoms with E-state index >= 15 is 0 Å². The molecule has 0 unspecified atom stereocenters. The molecule has 2 aromatic carbocycles. The number of carbonyl (C=O) groups excluding carboxylic acids is 1. The van der Waals surface area contributed by atoms with Crippen LogP contribution >= 0.6 is 0 Å². The molecule has 0 radical (unpaired) electrons. The zero-order valence-corrected chi connectivity index (χ0v) is 15.9. The SMILES string of the molecule is O=C(NCc1cccc(Cn2ccnc2)c1)c1ccn(-c2cccc([N+](=O)[O-])c2)n1. The van der Waals surface area contributed by atoms with E-state index in [2.05, 4.69) is 15.4 Å². The molecule has 4 rings (SSSR count). The molecule has 0 bridgehead atoms. The van der Waals surface area contributed by atoms with E-state index in [1.165, 1.54) is 16.8 Å². The largest absolute Gasteiger partial charge is 0.347 e. The second-order valence-electron chi connectivity index (χ2n) is 6.66. The maximum absolute atomic E-state index is 12.5. The molecule has 150 valence electrons. The van der Waals surface area contributed by atoms with Gasteiger partial charge in [0.15, 0.2) is 5.69 Å². The minimum Gasteiger partial charge on any atom is -0.347 e. The maximum atomic E-state index is 12.5. The fraction of sp³-hybridized carbons (Fsp3) is 0.0952. The van der Waals surface area contributed by atoms with E-state index in [1.807, 2.05) is 35.0 Å². The Morgan fingerprint density at radius 3 is 2.70 bits per heavy atom. The van der Waals surface area contributed by atoms with Gasteiger partial charge in [0.05, 0.1) is 16.9 Å². The molecule has 30 heavy (non-hydrogen) atoms. The molecule has 0 aliphatic rings. The topological polar surface area (TPSA) is 108 Å². The van der Waals surface area contributed by atoms with Gasteiger partial charge in [0, 0.05) is 43.8 Å². The summed E-state index contributed by atoms with van der Waals surface area (Å²) >= 11 is 0. The number of rotatable bonds is 7. The lowest BCUT2D eigenvalue weighted by atomic mass is 10.1. The highest BCUT2D eigenvalue weighted by Crippen LogP contribution is 2.16. The predicted octanol–water partition coefficient (Wildman–Crippen LogP) is 2.96. The molecule has 0 fully saturated rings. The standard InChI is InChI=1S/C21H18N6O3/c28-21(20-7-9-26(24-20)18-5-2-6-19(12-18)27(29)30)23-13-16-3-1-4-17(11-16)14-25-10-8-22-15-25/h1-12,15H,13-14H2,(H,23,28). The summed E-state index contributed by atoms with van der Waals surface area (Å²) in [5.74, 6) is -0.320. The quantitative estimate of drug-likeness (QED) is 0.378. The molecular formula is C21H18N6O3. The maximum Gasteiger partial charge on any atom is 0.272 e. The van der Waals surface area contributed by atoms with E-state index in [0.717, 1.165) is 11.1 Å². The summed E-state index contributed by atoms with van der Waals surface area (Å²) in [4.78, 5) is 27.0. The van der Waals surface area contributed by atoms with Gasteiger partial charge in [0.2, 0.25) is 0 Å². The number of non-ortho nitro benzene ring substituents is 1. The van der Waals surface area contributed by atoms with Crippen molar-refractivity contribution in [1.82, 2.24) is 24.6 Å². The number of nitro benzene ring substituents is 1. The third-order valence-electron chi connectivity index (χ3n) is 4.50. The Hall–Kier alpha value is -4.27.